The molecule has 1 saturated heterocycles. The summed E-state index contributed by atoms with van der Waals surface area (Å²) in [4.78, 5) is 14.8. The van der Waals surface area contributed by atoms with E-state index in [4.69, 9.17) is 4.74 Å². The molecule has 22 heavy (non-hydrogen) atoms. The molecule has 0 aromatic heterocycles. The van der Waals surface area contributed by atoms with Gasteiger partial charge >= 0.3 is 0 Å². The van der Waals surface area contributed by atoms with Crippen molar-refractivity contribution in [3.63, 3.8) is 0 Å². The summed E-state index contributed by atoms with van der Waals surface area (Å²) in [7, 11) is 1.97. The number of halogens is 1. The zero-order valence-electron chi connectivity index (χ0n) is 13.1. The Hall–Kier alpha value is -1.10. The minimum atomic E-state index is -0.400. The number of ether oxygens (including phenoxy) is 1. The zero-order valence-corrected chi connectivity index (χ0v) is 13.9. The number of piperidine rings is 1. The molecule has 4 nitrogen and oxygen atoms in total. The van der Waals surface area contributed by atoms with Crippen LogP contribution in [0.2, 0.25) is 0 Å². The van der Waals surface area contributed by atoms with Crippen LogP contribution in [0.4, 0.5) is 0 Å². The van der Waals surface area contributed by atoms with E-state index in [-0.39, 0.29) is 18.3 Å². The van der Waals surface area contributed by atoms with E-state index in [2.05, 4.69) is 11.4 Å². The van der Waals surface area contributed by atoms with Crippen LogP contribution in [-0.4, -0.2) is 44.1 Å². The van der Waals surface area contributed by atoms with E-state index >= 15 is 0 Å². The van der Waals surface area contributed by atoms with Gasteiger partial charge in [-0.25, -0.2) is 0 Å². The lowest BCUT2D eigenvalue weighted by Gasteiger charge is -2.36. The smallest absolute Gasteiger partial charge is 0.256 e. The fourth-order valence-corrected chi connectivity index (χ4v) is 3.48. The average molecular weight is 325 g/mol. The highest BCUT2D eigenvalue weighted by atomic mass is 35.5. The molecule has 0 saturated carbocycles. The number of fused-ring (bicyclic) bond motifs is 1. The monoisotopic (exact) mass is 324 g/mol. The second-order valence-corrected chi connectivity index (χ2v) is 6.05. The Bertz CT molecular complexity index is 507. The van der Waals surface area contributed by atoms with E-state index in [1.54, 1.807) is 0 Å². The third kappa shape index (κ3) is 3.62. The Morgan fingerprint density at radius 3 is 3.05 bits per heavy atom. The van der Waals surface area contributed by atoms with Crippen molar-refractivity contribution in [1.29, 1.82) is 0 Å². The van der Waals surface area contributed by atoms with Crippen LogP contribution >= 0.6 is 12.4 Å². The van der Waals surface area contributed by atoms with E-state index in [0.717, 1.165) is 38.0 Å². The first-order valence-corrected chi connectivity index (χ1v) is 7.92. The number of hydrogen-bond acceptors (Lipinski definition) is 3. The highest BCUT2D eigenvalue weighted by Gasteiger charge is 2.33. The highest BCUT2D eigenvalue weighted by Crippen LogP contribution is 2.30. The average Bonchev–Trinajstić information content (AvgIpc) is 2.54. The minimum absolute atomic E-state index is 0. The van der Waals surface area contributed by atoms with Crippen molar-refractivity contribution < 1.29 is 9.53 Å². The summed E-state index contributed by atoms with van der Waals surface area (Å²) in [5.74, 6) is 0.703. The van der Waals surface area contributed by atoms with Crippen LogP contribution in [0.1, 0.15) is 30.1 Å². The number of amides is 1. The molecule has 2 atom stereocenters. The van der Waals surface area contributed by atoms with Gasteiger partial charge in [0.1, 0.15) is 0 Å². The molecule has 1 aromatic rings. The first-order valence-electron chi connectivity index (χ1n) is 7.92. The predicted octanol–water partition coefficient (Wildman–Crippen LogP) is 2.18. The van der Waals surface area contributed by atoms with Crippen LogP contribution in [0, 0.1) is 5.92 Å². The van der Waals surface area contributed by atoms with Crippen LogP contribution < -0.4 is 5.32 Å². The third-order valence-corrected chi connectivity index (χ3v) is 4.54. The van der Waals surface area contributed by atoms with Crippen molar-refractivity contribution >= 4 is 18.3 Å². The van der Waals surface area contributed by atoms with Gasteiger partial charge in [0.25, 0.3) is 5.91 Å². The van der Waals surface area contributed by atoms with Crippen molar-refractivity contribution in [3.8, 4) is 0 Å². The lowest BCUT2D eigenvalue weighted by atomic mass is 9.94. The minimum Gasteiger partial charge on any atom is -0.363 e. The Kier molecular flexibility index (Phi) is 6.24. The van der Waals surface area contributed by atoms with E-state index in [9.17, 15) is 4.79 Å². The predicted molar refractivity (Wildman–Crippen MR) is 89.3 cm³/mol. The molecule has 1 amide bonds. The normalized spacial score (nSPS) is 24.3. The fraction of sp³-hybridized carbons (Fsp3) is 0.588. The lowest BCUT2D eigenvalue weighted by molar-refractivity contribution is -0.147. The van der Waals surface area contributed by atoms with Gasteiger partial charge in [-0.1, -0.05) is 24.3 Å². The molecule has 2 heterocycles. The largest absolute Gasteiger partial charge is 0.363 e. The number of nitrogens with one attached hydrogen (secondary N) is 1. The molecule has 3 rings (SSSR count). The van der Waals surface area contributed by atoms with E-state index in [0.29, 0.717) is 12.5 Å². The molecule has 0 bridgehead atoms. The van der Waals surface area contributed by atoms with Crippen molar-refractivity contribution in [1.82, 2.24) is 10.2 Å². The Morgan fingerprint density at radius 2 is 2.23 bits per heavy atom. The van der Waals surface area contributed by atoms with Gasteiger partial charge in [-0.2, -0.15) is 0 Å². The molecule has 0 aliphatic carbocycles. The number of hydrogen-bond donors (Lipinski definition) is 1. The molecule has 5 heteroatoms. The summed E-state index contributed by atoms with van der Waals surface area (Å²) in [5.41, 5.74) is 2.32. The molecule has 122 valence electrons. The van der Waals surface area contributed by atoms with Gasteiger partial charge in [-0.05, 0) is 49.9 Å². The van der Waals surface area contributed by atoms with E-state index in [1.165, 1.54) is 12.0 Å². The topological polar surface area (TPSA) is 41.6 Å². The van der Waals surface area contributed by atoms with Crippen LogP contribution in [0.5, 0.6) is 0 Å². The second-order valence-electron chi connectivity index (χ2n) is 6.05. The lowest BCUT2D eigenvalue weighted by Crippen LogP contribution is -2.45. The van der Waals surface area contributed by atoms with Crippen LogP contribution in [0.25, 0.3) is 0 Å². The Balaban J connectivity index is 0.00000176. The van der Waals surface area contributed by atoms with E-state index in [1.807, 2.05) is 30.1 Å². The molecular formula is C17H25ClN2O2. The molecule has 1 N–H and O–H groups in total. The van der Waals surface area contributed by atoms with Gasteiger partial charge in [-0.3, -0.25) is 4.79 Å². The Morgan fingerprint density at radius 1 is 1.41 bits per heavy atom. The number of likely N-dealkylation sites (tertiary alicyclic amines) is 1. The Labute approximate surface area is 138 Å². The standard InChI is InChI=1S/C17H24N2O2.ClH/c1-18-11-13-5-4-9-19(12-13)17(20)16-15-7-3-2-6-14(15)8-10-21-16;/h2-3,6-7,13,16,18H,4-5,8-12H2,1H3;1H. The van der Waals surface area contributed by atoms with Crippen molar-refractivity contribution in [2.24, 2.45) is 5.92 Å². The van der Waals surface area contributed by atoms with Gasteiger partial charge in [0.15, 0.2) is 6.10 Å². The maximum Gasteiger partial charge on any atom is 0.256 e. The maximum atomic E-state index is 12.8. The summed E-state index contributed by atoms with van der Waals surface area (Å²) in [6, 6.07) is 8.17. The summed E-state index contributed by atoms with van der Waals surface area (Å²) < 4.78 is 5.81. The van der Waals surface area contributed by atoms with Crippen LogP contribution in [0.15, 0.2) is 24.3 Å². The SMILES string of the molecule is CNCC1CCCN(C(=O)C2OCCc3ccccc32)C1.Cl. The number of benzene rings is 1. The maximum absolute atomic E-state index is 12.8. The number of carbonyl (C=O) groups is 1. The van der Waals surface area contributed by atoms with Gasteiger partial charge in [0, 0.05) is 13.1 Å². The molecule has 2 aliphatic heterocycles. The molecule has 2 aliphatic rings. The van der Waals surface area contributed by atoms with Gasteiger partial charge in [0.2, 0.25) is 0 Å². The summed E-state index contributed by atoms with van der Waals surface area (Å²) in [5, 5.41) is 3.22. The van der Waals surface area contributed by atoms with Crippen molar-refractivity contribution in [2.45, 2.75) is 25.4 Å². The summed E-state index contributed by atoms with van der Waals surface area (Å²) in [6.45, 7) is 3.33. The molecular weight excluding hydrogens is 300 g/mol. The molecule has 1 fully saturated rings. The second kappa shape index (κ2) is 7.95. The molecule has 0 radical (unpaired) electrons. The first kappa shape index (κ1) is 17.3. The number of nitrogens with zero attached hydrogens (tertiary/aromatic N) is 1. The molecule has 0 spiro atoms. The van der Waals surface area contributed by atoms with Crippen LogP contribution in [0.3, 0.4) is 0 Å². The van der Waals surface area contributed by atoms with Crippen LogP contribution in [-0.2, 0) is 16.0 Å². The van der Waals surface area contributed by atoms with Gasteiger partial charge in [0.05, 0.1) is 6.61 Å². The number of rotatable bonds is 3. The van der Waals surface area contributed by atoms with Gasteiger partial charge in [-0.15, -0.1) is 12.4 Å². The van der Waals surface area contributed by atoms with E-state index < -0.39 is 6.10 Å². The quantitative estimate of drug-likeness (QED) is 0.926. The molecule has 2 unspecified atom stereocenters. The van der Waals surface area contributed by atoms with Crippen molar-refractivity contribution in [3.05, 3.63) is 35.4 Å². The number of carbonyl (C=O) groups excluding carboxylic acids is 1. The molecule has 1 aromatic carbocycles. The highest BCUT2D eigenvalue weighted by molar-refractivity contribution is 5.85. The zero-order chi connectivity index (χ0) is 14.7. The van der Waals surface area contributed by atoms with Crippen molar-refractivity contribution in [2.75, 3.05) is 33.3 Å². The van der Waals surface area contributed by atoms with Gasteiger partial charge < -0.3 is 15.0 Å². The third-order valence-electron chi connectivity index (χ3n) is 4.54. The summed E-state index contributed by atoms with van der Waals surface area (Å²) >= 11 is 0. The summed E-state index contributed by atoms with van der Waals surface area (Å²) in [6.07, 6.45) is 2.80. The first-order chi connectivity index (χ1) is 10.3. The fourth-order valence-electron chi connectivity index (χ4n) is 3.48.